The molecule has 1 heterocycles. The summed E-state index contributed by atoms with van der Waals surface area (Å²) < 4.78 is 22.5. The van der Waals surface area contributed by atoms with Crippen LogP contribution in [0.5, 0.6) is 0 Å². The lowest BCUT2D eigenvalue weighted by Gasteiger charge is -2.36. The number of nitrogens with two attached hydrogens (primary N) is 1. The van der Waals surface area contributed by atoms with E-state index in [1.165, 1.54) is 16.3 Å². The molecule has 1 fully saturated rings. The topological polar surface area (TPSA) is 83.7 Å². The fourth-order valence-electron chi connectivity index (χ4n) is 3.50. The summed E-state index contributed by atoms with van der Waals surface area (Å²) in [6.07, 6.45) is 1.34. The third-order valence-corrected chi connectivity index (χ3v) is 6.05. The first-order valence-corrected chi connectivity index (χ1v) is 11.3. The number of nitrogens with zero attached hydrogens (tertiary/aromatic N) is 2. The lowest BCUT2D eigenvalue weighted by Crippen LogP contribution is -2.53. The van der Waals surface area contributed by atoms with Crippen LogP contribution < -0.4 is 5.73 Å². The van der Waals surface area contributed by atoms with Crippen molar-refractivity contribution in [1.29, 1.82) is 0 Å². The van der Waals surface area contributed by atoms with Gasteiger partial charge in [0.05, 0.1) is 11.8 Å². The van der Waals surface area contributed by atoms with E-state index in [4.69, 9.17) is 5.73 Å². The molecule has 0 saturated carbocycles. The van der Waals surface area contributed by atoms with Crippen LogP contribution in [0.3, 0.4) is 0 Å². The maximum atomic E-state index is 12.4. The number of halogens is 1. The van der Waals surface area contributed by atoms with E-state index in [2.05, 4.69) is 41.3 Å². The number of hydrogen-bond acceptors (Lipinski definition) is 5. The Morgan fingerprint density at radius 2 is 1.71 bits per heavy atom. The Bertz CT molecular complexity index is 907. The Morgan fingerprint density at radius 1 is 1.07 bits per heavy atom. The van der Waals surface area contributed by atoms with E-state index in [0.29, 0.717) is 13.1 Å². The summed E-state index contributed by atoms with van der Waals surface area (Å²) in [4.78, 5) is 16.5. The van der Waals surface area contributed by atoms with E-state index in [-0.39, 0.29) is 30.5 Å². The Labute approximate surface area is 173 Å². The zero-order valence-electron chi connectivity index (χ0n) is 16.1. The fourth-order valence-corrected chi connectivity index (χ4v) is 4.18. The molecule has 0 radical (unpaired) electrons. The van der Waals surface area contributed by atoms with E-state index >= 15 is 0 Å². The molecule has 0 aromatic heterocycles. The van der Waals surface area contributed by atoms with Crippen molar-refractivity contribution in [2.75, 3.05) is 38.2 Å². The van der Waals surface area contributed by atoms with Crippen molar-refractivity contribution < 1.29 is 13.2 Å². The van der Waals surface area contributed by atoms with Crippen molar-refractivity contribution in [3.63, 3.8) is 0 Å². The Hall–Kier alpha value is -1.67. The minimum absolute atomic E-state index is 0. The van der Waals surface area contributed by atoms with Crippen molar-refractivity contribution in [3.05, 3.63) is 48.0 Å². The normalized spacial score (nSPS) is 16.6. The first-order valence-electron chi connectivity index (χ1n) is 9.24. The quantitative estimate of drug-likeness (QED) is 0.761. The van der Waals surface area contributed by atoms with Gasteiger partial charge in [-0.15, -0.1) is 12.4 Å². The molecule has 0 bridgehead atoms. The summed E-state index contributed by atoms with van der Waals surface area (Å²) in [6.45, 7) is 3.66. The molecule has 28 heavy (non-hydrogen) atoms. The van der Waals surface area contributed by atoms with Gasteiger partial charge >= 0.3 is 0 Å². The third-order valence-electron chi connectivity index (χ3n) is 5.07. The predicted octanol–water partition coefficient (Wildman–Crippen LogP) is 1.67. The molecule has 1 unspecified atom stereocenters. The molecule has 1 aliphatic rings. The van der Waals surface area contributed by atoms with Gasteiger partial charge in [0.25, 0.3) is 0 Å². The molecular weight excluding hydrogens is 398 g/mol. The number of hydrogen-bond donors (Lipinski definition) is 1. The van der Waals surface area contributed by atoms with Gasteiger partial charge in [0, 0.05) is 39.0 Å². The number of sulfone groups is 1. The lowest BCUT2D eigenvalue weighted by molar-refractivity contribution is -0.134. The second-order valence-electron chi connectivity index (χ2n) is 7.26. The summed E-state index contributed by atoms with van der Waals surface area (Å²) in [5, 5.41) is 2.50. The monoisotopic (exact) mass is 425 g/mol. The Morgan fingerprint density at radius 3 is 2.39 bits per heavy atom. The van der Waals surface area contributed by atoms with Gasteiger partial charge < -0.3 is 10.6 Å². The van der Waals surface area contributed by atoms with Crippen LogP contribution in [0.4, 0.5) is 0 Å². The van der Waals surface area contributed by atoms with Crippen LogP contribution in [-0.4, -0.2) is 68.4 Å². The van der Waals surface area contributed by atoms with E-state index < -0.39 is 15.9 Å². The molecule has 6 nitrogen and oxygen atoms in total. The average Bonchev–Trinajstić information content (AvgIpc) is 2.66. The molecule has 2 aromatic rings. The number of carbonyl (C=O) groups is 1. The van der Waals surface area contributed by atoms with Gasteiger partial charge in [-0.2, -0.15) is 0 Å². The molecular formula is C20H28ClN3O3S. The first-order chi connectivity index (χ1) is 12.8. The number of amides is 1. The zero-order valence-corrected chi connectivity index (χ0v) is 17.7. The summed E-state index contributed by atoms with van der Waals surface area (Å²) in [7, 11) is -3.10. The minimum atomic E-state index is -3.10. The van der Waals surface area contributed by atoms with E-state index in [9.17, 15) is 13.2 Å². The van der Waals surface area contributed by atoms with Crippen LogP contribution in [0.25, 0.3) is 10.8 Å². The van der Waals surface area contributed by atoms with Crippen LogP contribution in [0.2, 0.25) is 0 Å². The highest BCUT2D eigenvalue weighted by Gasteiger charge is 2.26. The third kappa shape index (κ3) is 5.91. The molecule has 1 amide bonds. The Balaban J connectivity index is 0.00000280. The van der Waals surface area contributed by atoms with E-state index in [1.54, 1.807) is 4.90 Å². The van der Waals surface area contributed by atoms with Gasteiger partial charge in [0.15, 0.2) is 0 Å². The maximum Gasteiger partial charge on any atom is 0.239 e. The zero-order chi connectivity index (χ0) is 19.4. The number of fused-ring (bicyclic) bond motifs is 1. The molecule has 2 N–H and O–H groups in total. The van der Waals surface area contributed by atoms with Crippen LogP contribution in [0, 0.1) is 0 Å². The van der Waals surface area contributed by atoms with Gasteiger partial charge in [-0.3, -0.25) is 9.69 Å². The molecule has 3 rings (SSSR count). The molecule has 0 spiro atoms. The van der Waals surface area contributed by atoms with E-state index in [0.717, 1.165) is 25.9 Å². The van der Waals surface area contributed by atoms with Gasteiger partial charge in [-0.25, -0.2) is 8.42 Å². The van der Waals surface area contributed by atoms with Crippen molar-refractivity contribution in [2.24, 2.45) is 5.73 Å². The highest BCUT2D eigenvalue weighted by molar-refractivity contribution is 7.90. The summed E-state index contributed by atoms with van der Waals surface area (Å²) >= 11 is 0. The predicted molar refractivity (Wildman–Crippen MR) is 115 cm³/mol. The molecule has 8 heteroatoms. The first kappa shape index (κ1) is 22.6. The highest BCUT2D eigenvalue weighted by Crippen LogP contribution is 2.20. The van der Waals surface area contributed by atoms with Gasteiger partial charge in [-0.1, -0.05) is 42.5 Å². The largest absolute Gasteiger partial charge is 0.339 e. The average molecular weight is 426 g/mol. The van der Waals surface area contributed by atoms with E-state index in [1.807, 2.05) is 6.07 Å². The second-order valence-corrected chi connectivity index (χ2v) is 9.52. The highest BCUT2D eigenvalue weighted by atomic mass is 35.5. The van der Waals surface area contributed by atoms with Crippen LogP contribution in [0.15, 0.2) is 42.5 Å². The second kappa shape index (κ2) is 9.69. The molecule has 1 aliphatic heterocycles. The number of piperazine rings is 1. The SMILES string of the molecule is CS(=O)(=O)CCC(N)C(=O)N1CCN(Cc2cccc3ccccc23)CC1.Cl. The number of carbonyl (C=O) groups excluding carboxylic acids is 1. The summed E-state index contributed by atoms with van der Waals surface area (Å²) in [5.41, 5.74) is 7.20. The van der Waals surface area contributed by atoms with Crippen molar-refractivity contribution in [3.8, 4) is 0 Å². The molecule has 1 saturated heterocycles. The number of benzene rings is 2. The van der Waals surface area contributed by atoms with Crippen LogP contribution in [-0.2, 0) is 21.2 Å². The molecule has 1 atom stereocenters. The van der Waals surface area contributed by atoms with Gasteiger partial charge in [0.2, 0.25) is 5.91 Å². The summed E-state index contributed by atoms with van der Waals surface area (Å²) in [5.74, 6) is -0.204. The molecule has 154 valence electrons. The smallest absolute Gasteiger partial charge is 0.239 e. The fraction of sp³-hybridized carbons (Fsp3) is 0.450. The minimum Gasteiger partial charge on any atom is -0.339 e. The van der Waals surface area contributed by atoms with Crippen LogP contribution >= 0.6 is 12.4 Å². The van der Waals surface area contributed by atoms with Crippen LogP contribution in [0.1, 0.15) is 12.0 Å². The van der Waals surface area contributed by atoms with Crippen molar-refractivity contribution >= 4 is 38.9 Å². The number of rotatable bonds is 6. The standard InChI is InChI=1S/C20H27N3O3S.ClH/c1-27(25,26)14-9-19(21)20(24)23-12-10-22(11-13-23)15-17-7-4-6-16-5-2-3-8-18(16)17;/h2-8,19H,9-15,21H2,1H3;1H. The molecule has 2 aromatic carbocycles. The van der Waals surface area contributed by atoms with Gasteiger partial charge in [-0.05, 0) is 22.8 Å². The van der Waals surface area contributed by atoms with Crippen molar-refractivity contribution in [2.45, 2.75) is 19.0 Å². The van der Waals surface area contributed by atoms with Gasteiger partial charge in [0.1, 0.15) is 9.84 Å². The Kier molecular flexibility index (Phi) is 7.83. The lowest BCUT2D eigenvalue weighted by atomic mass is 10.0. The molecule has 0 aliphatic carbocycles. The van der Waals surface area contributed by atoms with Crippen molar-refractivity contribution in [1.82, 2.24) is 9.80 Å². The maximum absolute atomic E-state index is 12.4. The summed E-state index contributed by atoms with van der Waals surface area (Å²) in [6, 6.07) is 14.0.